The number of rotatable bonds is 3. The Morgan fingerprint density at radius 1 is 1.13 bits per heavy atom. The maximum Gasteiger partial charge on any atom is 0.338 e. The van der Waals surface area contributed by atoms with Crippen LogP contribution in [0.2, 0.25) is 10.0 Å². The number of H-pyrrole nitrogens is 1. The molecule has 0 bridgehead atoms. The number of aromatic amines is 1. The van der Waals surface area contributed by atoms with Gasteiger partial charge in [0, 0.05) is 10.0 Å². The molecule has 0 aliphatic carbocycles. The highest BCUT2D eigenvalue weighted by atomic mass is 35.5. The van der Waals surface area contributed by atoms with Gasteiger partial charge in [0.15, 0.2) is 0 Å². The van der Waals surface area contributed by atoms with Crippen molar-refractivity contribution >= 4 is 40.1 Å². The summed E-state index contributed by atoms with van der Waals surface area (Å²) in [5.41, 5.74) is 0.478. The topological polar surface area (TPSA) is 72.0 Å². The number of esters is 1. The van der Waals surface area contributed by atoms with Gasteiger partial charge in [-0.1, -0.05) is 35.3 Å². The van der Waals surface area contributed by atoms with Crippen molar-refractivity contribution in [3.63, 3.8) is 0 Å². The molecule has 0 spiro atoms. The van der Waals surface area contributed by atoms with Gasteiger partial charge in [-0.15, -0.1) is 0 Å². The average molecular weight is 349 g/mol. The average Bonchev–Trinajstić information content (AvgIpc) is 2.52. The fraction of sp³-hybridized carbons (Fsp3) is 0.0625. The van der Waals surface area contributed by atoms with Gasteiger partial charge in [-0.3, -0.25) is 4.79 Å². The molecule has 5 nitrogen and oxygen atoms in total. The molecule has 2 aromatic carbocycles. The minimum atomic E-state index is -0.606. The minimum absolute atomic E-state index is 0.164. The number of carbonyl (C=O) groups excluding carboxylic acids is 1. The van der Waals surface area contributed by atoms with Gasteiger partial charge in [-0.2, -0.15) is 0 Å². The lowest BCUT2D eigenvalue weighted by atomic mass is 10.2. The Hall–Kier alpha value is -2.37. The maximum absolute atomic E-state index is 12.0. The second kappa shape index (κ2) is 6.40. The first kappa shape index (κ1) is 15.5. The minimum Gasteiger partial charge on any atom is -0.454 e. The van der Waals surface area contributed by atoms with E-state index in [0.29, 0.717) is 20.9 Å². The molecule has 3 aromatic rings. The Morgan fingerprint density at radius 2 is 1.83 bits per heavy atom. The van der Waals surface area contributed by atoms with Crippen molar-refractivity contribution in [1.29, 1.82) is 0 Å². The van der Waals surface area contributed by atoms with Crippen molar-refractivity contribution in [1.82, 2.24) is 9.97 Å². The number of hydrogen-bond donors (Lipinski definition) is 1. The van der Waals surface area contributed by atoms with Crippen LogP contribution in [0.5, 0.6) is 0 Å². The number of nitrogens with zero attached hydrogens (tertiary/aromatic N) is 1. The number of hydrogen-bond acceptors (Lipinski definition) is 4. The zero-order valence-electron chi connectivity index (χ0n) is 11.7. The van der Waals surface area contributed by atoms with E-state index >= 15 is 0 Å². The molecule has 1 aromatic heterocycles. The van der Waals surface area contributed by atoms with E-state index in [9.17, 15) is 9.59 Å². The van der Waals surface area contributed by atoms with Crippen LogP contribution in [0, 0.1) is 0 Å². The molecule has 1 N–H and O–H groups in total. The smallest absolute Gasteiger partial charge is 0.338 e. The summed E-state index contributed by atoms with van der Waals surface area (Å²) in [6.45, 7) is -0.164. The summed E-state index contributed by atoms with van der Waals surface area (Å²) >= 11 is 11.7. The first-order valence-electron chi connectivity index (χ1n) is 6.64. The Labute approximate surface area is 140 Å². The Bertz CT molecular complexity index is 933. The number of ether oxygens (including phenoxy) is 1. The van der Waals surface area contributed by atoms with E-state index < -0.39 is 5.97 Å². The quantitative estimate of drug-likeness (QED) is 0.734. The number of benzene rings is 2. The molecule has 116 valence electrons. The molecule has 0 aliphatic rings. The summed E-state index contributed by atoms with van der Waals surface area (Å²) in [5.74, 6) is -0.347. The third-order valence-electron chi connectivity index (χ3n) is 3.10. The van der Waals surface area contributed by atoms with E-state index in [1.54, 1.807) is 24.3 Å². The Balaban J connectivity index is 1.80. The summed E-state index contributed by atoms with van der Waals surface area (Å²) in [4.78, 5) is 30.8. The van der Waals surface area contributed by atoms with Crippen LogP contribution < -0.4 is 5.56 Å². The van der Waals surface area contributed by atoms with E-state index in [2.05, 4.69) is 9.97 Å². The lowest BCUT2D eigenvalue weighted by molar-refractivity contribution is 0.0462. The molecular weight excluding hydrogens is 339 g/mol. The standard InChI is InChI=1S/C16H10Cl2N2O3/c17-10-5-9(6-11(18)7-10)16(22)23-8-14-19-13-4-2-1-3-12(13)15(21)20-14/h1-7H,8H2,(H,19,20,21). The van der Waals surface area contributed by atoms with Crippen molar-refractivity contribution < 1.29 is 9.53 Å². The van der Waals surface area contributed by atoms with Gasteiger partial charge in [0.2, 0.25) is 0 Å². The van der Waals surface area contributed by atoms with Gasteiger partial charge in [-0.05, 0) is 30.3 Å². The molecule has 23 heavy (non-hydrogen) atoms. The van der Waals surface area contributed by atoms with Crippen LogP contribution in [0.15, 0.2) is 47.3 Å². The molecule has 0 saturated carbocycles. The van der Waals surface area contributed by atoms with E-state index in [1.165, 1.54) is 18.2 Å². The summed E-state index contributed by atoms with van der Waals surface area (Å²) < 4.78 is 5.14. The van der Waals surface area contributed by atoms with E-state index in [-0.39, 0.29) is 23.6 Å². The zero-order chi connectivity index (χ0) is 16.4. The molecular formula is C16H10Cl2N2O3. The van der Waals surface area contributed by atoms with E-state index in [0.717, 1.165) is 0 Å². The maximum atomic E-state index is 12.0. The van der Waals surface area contributed by atoms with Gasteiger partial charge >= 0.3 is 5.97 Å². The first-order valence-corrected chi connectivity index (χ1v) is 7.40. The van der Waals surface area contributed by atoms with Crippen LogP contribution in [-0.2, 0) is 11.3 Å². The summed E-state index contributed by atoms with van der Waals surface area (Å²) in [7, 11) is 0. The van der Waals surface area contributed by atoms with Crippen molar-refractivity contribution in [3.8, 4) is 0 Å². The van der Waals surface area contributed by atoms with Crippen molar-refractivity contribution in [2.45, 2.75) is 6.61 Å². The summed E-state index contributed by atoms with van der Waals surface area (Å²) in [6, 6.07) is 11.3. The van der Waals surface area contributed by atoms with Gasteiger partial charge < -0.3 is 9.72 Å². The van der Waals surface area contributed by atoms with Crippen molar-refractivity contribution in [3.05, 3.63) is 74.3 Å². The Morgan fingerprint density at radius 3 is 2.57 bits per heavy atom. The molecule has 1 heterocycles. The molecule has 0 aliphatic heterocycles. The Kier molecular flexibility index (Phi) is 4.32. The highest BCUT2D eigenvalue weighted by Gasteiger charge is 2.11. The summed E-state index contributed by atoms with van der Waals surface area (Å²) in [6.07, 6.45) is 0. The van der Waals surface area contributed by atoms with E-state index in [1.807, 2.05) is 0 Å². The van der Waals surface area contributed by atoms with Crippen LogP contribution >= 0.6 is 23.2 Å². The number of para-hydroxylation sites is 1. The predicted octanol–water partition coefficient (Wildman–Crippen LogP) is 3.59. The van der Waals surface area contributed by atoms with E-state index in [4.69, 9.17) is 27.9 Å². The molecule has 3 rings (SSSR count). The number of halogens is 2. The lowest BCUT2D eigenvalue weighted by Gasteiger charge is -2.06. The molecule has 0 unspecified atom stereocenters. The van der Waals surface area contributed by atoms with Gasteiger partial charge in [0.1, 0.15) is 12.4 Å². The second-order valence-electron chi connectivity index (χ2n) is 4.76. The highest BCUT2D eigenvalue weighted by Crippen LogP contribution is 2.19. The van der Waals surface area contributed by atoms with Crippen LogP contribution in [0.25, 0.3) is 10.9 Å². The van der Waals surface area contributed by atoms with Crippen LogP contribution in [-0.4, -0.2) is 15.9 Å². The lowest BCUT2D eigenvalue weighted by Crippen LogP contribution is -2.14. The van der Waals surface area contributed by atoms with Crippen LogP contribution in [0.1, 0.15) is 16.2 Å². The number of nitrogens with one attached hydrogen (secondary N) is 1. The normalized spacial score (nSPS) is 10.7. The fourth-order valence-corrected chi connectivity index (χ4v) is 2.62. The predicted molar refractivity (Wildman–Crippen MR) is 87.9 cm³/mol. The molecule has 0 amide bonds. The largest absolute Gasteiger partial charge is 0.454 e. The third kappa shape index (κ3) is 3.52. The molecule has 0 radical (unpaired) electrons. The SMILES string of the molecule is O=C(OCc1nc2ccccc2c(=O)[nH]1)c1cc(Cl)cc(Cl)c1. The molecule has 7 heteroatoms. The highest BCUT2D eigenvalue weighted by molar-refractivity contribution is 6.35. The van der Waals surface area contributed by atoms with Gasteiger partial charge in [0.05, 0.1) is 16.5 Å². The second-order valence-corrected chi connectivity index (χ2v) is 5.64. The van der Waals surface area contributed by atoms with Crippen molar-refractivity contribution in [2.24, 2.45) is 0 Å². The summed E-state index contributed by atoms with van der Waals surface area (Å²) in [5, 5.41) is 1.15. The zero-order valence-corrected chi connectivity index (χ0v) is 13.2. The third-order valence-corrected chi connectivity index (χ3v) is 3.54. The number of fused-ring (bicyclic) bond motifs is 1. The first-order chi connectivity index (χ1) is 11.0. The van der Waals surface area contributed by atoms with Crippen molar-refractivity contribution in [2.75, 3.05) is 0 Å². The molecule has 0 saturated heterocycles. The molecule has 0 fully saturated rings. The van der Waals surface area contributed by atoms with Crippen LogP contribution in [0.4, 0.5) is 0 Å². The van der Waals surface area contributed by atoms with Crippen LogP contribution in [0.3, 0.4) is 0 Å². The fourth-order valence-electron chi connectivity index (χ4n) is 2.09. The van der Waals surface area contributed by atoms with Gasteiger partial charge in [-0.25, -0.2) is 9.78 Å². The van der Waals surface area contributed by atoms with Gasteiger partial charge in [0.25, 0.3) is 5.56 Å². The number of aromatic nitrogens is 2. The molecule has 0 atom stereocenters. The monoisotopic (exact) mass is 348 g/mol. The number of carbonyl (C=O) groups is 1.